The third-order valence-corrected chi connectivity index (χ3v) is 4.60. The molecule has 0 spiro atoms. The number of hydrogen-bond donors (Lipinski definition) is 1. The lowest BCUT2D eigenvalue weighted by Crippen LogP contribution is -2.24. The Morgan fingerprint density at radius 2 is 1.96 bits per heavy atom. The number of nitrogens with zero attached hydrogens (tertiary/aromatic N) is 3. The molecule has 23 heavy (non-hydrogen) atoms. The normalized spacial score (nSPS) is 20.7. The van der Waals surface area contributed by atoms with Crippen molar-refractivity contribution >= 4 is 10.0 Å². The summed E-state index contributed by atoms with van der Waals surface area (Å²) < 4.78 is 79.6. The molecule has 6 nitrogen and oxygen atoms in total. The maximum atomic E-state index is 14.0. The standard InChI is InChI=1S/C12H10F4N4O2S/c13-5-17-23(21,22)12-18-11-8(16)4-9(20(11)19-12)10-6(14)2-1-3-7(10)15/h1-3,8-9,17H,4-5H2/t8-,9-/m0/s1. The number of fused-ring (bicyclic) bond motifs is 1. The number of sulfonamides is 1. The van der Waals surface area contributed by atoms with E-state index in [9.17, 15) is 26.0 Å². The van der Waals surface area contributed by atoms with Crippen molar-refractivity contribution in [1.82, 2.24) is 19.5 Å². The highest BCUT2D eigenvalue weighted by Crippen LogP contribution is 2.41. The zero-order valence-electron chi connectivity index (χ0n) is 11.4. The van der Waals surface area contributed by atoms with E-state index < -0.39 is 51.4 Å². The number of benzene rings is 1. The Labute approximate surface area is 128 Å². The monoisotopic (exact) mass is 350 g/mol. The van der Waals surface area contributed by atoms with Gasteiger partial charge in [0.25, 0.3) is 15.2 Å². The minimum Gasteiger partial charge on any atom is -0.239 e. The lowest BCUT2D eigenvalue weighted by molar-refractivity contribution is 0.323. The number of alkyl halides is 2. The molecule has 124 valence electrons. The fourth-order valence-electron chi connectivity index (χ4n) is 2.48. The predicted molar refractivity (Wildman–Crippen MR) is 69.3 cm³/mol. The van der Waals surface area contributed by atoms with E-state index in [1.165, 1.54) is 4.72 Å². The van der Waals surface area contributed by atoms with Crippen molar-refractivity contribution < 1.29 is 26.0 Å². The van der Waals surface area contributed by atoms with Crippen molar-refractivity contribution in [3.05, 3.63) is 41.2 Å². The molecule has 1 aromatic carbocycles. The van der Waals surface area contributed by atoms with Gasteiger partial charge < -0.3 is 0 Å². The third-order valence-electron chi connectivity index (χ3n) is 3.46. The van der Waals surface area contributed by atoms with E-state index >= 15 is 0 Å². The summed E-state index contributed by atoms with van der Waals surface area (Å²) >= 11 is 0. The van der Waals surface area contributed by atoms with Crippen molar-refractivity contribution in [1.29, 1.82) is 0 Å². The molecule has 2 heterocycles. The first-order chi connectivity index (χ1) is 10.8. The molecule has 0 saturated carbocycles. The van der Waals surface area contributed by atoms with Crippen LogP contribution in [0.3, 0.4) is 0 Å². The van der Waals surface area contributed by atoms with Crippen LogP contribution >= 0.6 is 0 Å². The highest BCUT2D eigenvalue weighted by molar-refractivity contribution is 7.89. The molecule has 0 saturated heterocycles. The van der Waals surface area contributed by atoms with Crippen LogP contribution in [-0.2, 0) is 10.0 Å². The van der Waals surface area contributed by atoms with E-state index in [4.69, 9.17) is 0 Å². The molecule has 0 amide bonds. The van der Waals surface area contributed by atoms with Crippen LogP contribution < -0.4 is 4.72 Å². The van der Waals surface area contributed by atoms with Gasteiger partial charge in [0, 0.05) is 12.0 Å². The van der Waals surface area contributed by atoms with Crippen LogP contribution in [-0.4, -0.2) is 30.0 Å². The first-order valence-corrected chi connectivity index (χ1v) is 7.93. The molecule has 1 aliphatic rings. The first-order valence-electron chi connectivity index (χ1n) is 6.45. The van der Waals surface area contributed by atoms with E-state index in [2.05, 4.69) is 10.1 Å². The fourth-order valence-corrected chi connectivity index (χ4v) is 3.16. The van der Waals surface area contributed by atoms with Gasteiger partial charge in [-0.3, -0.25) is 0 Å². The topological polar surface area (TPSA) is 76.9 Å². The highest BCUT2D eigenvalue weighted by atomic mass is 32.2. The second-order valence-electron chi connectivity index (χ2n) is 4.83. The highest BCUT2D eigenvalue weighted by Gasteiger charge is 2.39. The van der Waals surface area contributed by atoms with Crippen LogP contribution in [0.1, 0.15) is 30.0 Å². The van der Waals surface area contributed by atoms with Crippen LogP contribution in [0.2, 0.25) is 0 Å². The van der Waals surface area contributed by atoms with Gasteiger partial charge in [-0.2, -0.15) is 9.71 Å². The molecule has 3 rings (SSSR count). The van der Waals surface area contributed by atoms with Crippen LogP contribution in [0.25, 0.3) is 0 Å². The fraction of sp³-hybridized carbons (Fsp3) is 0.333. The van der Waals surface area contributed by atoms with Gasteiger partial charge in [0.15, 0.2) is 18.8 Å². The summed E-state index contributed by atoms with van der Waals surface area (Å²) in [6, 6.07) is 1.98. The largest absolute Gasteiger partial charge is 0.282 e. The summed E-state index contributed by atoms with van der Waals surface area (Å²) in [6.45, 7) is -1.39. The van der Waals surface area contributed by atoms with E-state index in [-0.39, 0.29) is 12.2 Å². The Bertz CT molecular complexity index is 834. The van der Waals surface area contributed by atoms with Gasteiger partial charge in [0.1, 0.15) is 11.6 Å². The Morgan fingerprint density at radius 1 is 1.30 bits per heavy atom. The quantitative estimate of drug-likeness (QED) is 0.673. The van der Waals surface area contributed by atoms with Gasteiger partial charge in [-0.05, 0) is 12.1 Å². The van der Waals surface area contributed by atoms with Crippen molar-refractivity contribution in [2.45, 2.75) is 23.8 Å². The van der Waals surface area contributed by atoms with Crippen molar-refractivity contribution in [2.75, 3.05) is 6.80 Å². The minimum atomic E-state index is -4.36. The average Bonchev–Trinajstić information content (AvgIpc) is 3.01. The van der Waals surface area contributed by atoms with E-state index in [0.29, 0.717) is 0 Å². The lowest BCUT2D eigenvalue weighted by atomic mass is 10.0. The Morgan fingerprint density at radius 3 is 2.57 bits per heavy atom. The summed E-state index contributed by atoms with van der Waals surface area (Å²) in [5.74, 6) is -2.19. The molecule has 2 atom stereocenters. The van der Waals surface area contributed by atoms with Crippen LogP contribution in [0, 0.1) is 11.6 Å². The molecule has 0 radical (unpaired) electrons. The zero-order chi connectivity index (χ0) is 16.8. The van der Waals surface area contributed by atoms with E-state index in [1.807, 2.05) is 0 Å². The summed E-state index contributed by atoms with van der Waals surface area (Å²) in [5, 5.41) is 2.73. The number of aromatic nitrogens is 3. The smallest absolute Gasteiger partial charge is 0.239 e. The van der Waals surface area contributed by atoms with Gasteiger partial charge in [-0.15, -0.1) is 5.10 Å². The van der Waals surface area contributed by atoms with Gasteiger partial charge in [-0.1, -0.05) is 6.07 Å². The predicted octanol–water partition coefficient (Wildman–Crippen LogP) is 1.77. The molecule has 0 fully saturated rings. The van der Waals surface area contributed by atoms with E-state index in [0.717, 1.165) is 22.9 Å². The Kier molecular flexibility index (Phi) is 3.84. The summed E-state index contributed by atoms with van der Waals surface area (Å²) in [7, 11) is -4.36. The summed E-state index contributed by atoms with van der Waals surface area (Å²) in [6.07, 6.45) is -2.08. The molecule has 1 aliphatic heterocycles. The second-order valence-corrected chi connectivity index (χ2v) is 6.49. The summed E-state index contributed by atoms with van der Waals surface area (Å²) in [4.78, 5) is 3.51. The van der Waals surface area contributed by atoms with Gasteiger partial charge in [0.2, 0.25) is 0 Å². The molecule has 0 unspecified atom stereocenters. The Hall–Kier alpha value is -2.01. The van der Waals surface area contributed by atoms with Crippen LogP contribution in [0.5, 0.6) is 0 Å². The molecule has 11 heteroatoms. The summed E-state index contributed by atoms with van der Waals surface area (Å²) in [5.41, 5.74) is -0.429. The van der Waals surface area contributed by atoms with Crippen molar-refractivity contribution in [2.24, 2.45) is 0 Å². The Balaban J connectivity index is 2.10. The lowest BCUT2D eigenvalue weighted by Gasteiger charge is -2.13. The van der Waals surface area contributed by atoms with Crippen LogP contribution in [0.15, 0.2) is 23.4 Å². The van der Waals surface area contributed by atoms with Gasteiger partial charge in [0.05, 0.1) is 6.04 Å². The molecule has 2 aromatic rings. The molecule has 0 bridgehead atoms. The second kappa shape index (κ2) is 5.57. The number of hydrogen-bond acceptors (Lipinski definition) is 4. The molecular weight excluding hydrogens is 340 g/mol. The zero-order valence-corrected chi connectivity index (χ0v) is 12.2. The van der Waals surface area contributed by atoms with E-state index in [1.54, 1.807) is 0 Å². The SMILES string of the molecule is O=S(=O)(NCF)c1nc2n(n1)[C@H](c1c(F)cccc1F)C[C@@H]2F. The molecular formula is C12H10F4N4O2S. The molecule has 0 aliphatic carbocycles. The minimum absolute atomic E-state index is 0.329. The van der Waals surface area contributed by atoms with Crippen molar-refractivity contribution in [3.63, 3.8) is 0 Å². The molecule has 1 N–H and O–H groups in total. The van der Waals surface area contributed by atoms with Crippen molar-refractivity contribution in [3.8, 4) is 0 Å². The maximum absolute atomic E-state index is 14.0. The number of halogens is 4. The molecule has 1 aromatic heterocycles. The maximum Gasteiger partial charge on any atom is 0.282 e. The van der Waals surface area contributed by atoms with Crippen LogP contribution in [0.4, 0.5) is 17.6 Å². The van der Waals surface area contributed by atoms with Gasteiger partial charge in [-0.25, -0.2) is 30.7 Å². The first kappa shape index (κ1) is 15.9. The average molecular weight is 350 g/mol. The number of nitrogens with one attached hydrogen (secondary N) is 1. The number of rotatable bonds is 4. The third kappa shape index (κ3) is 2.59. The van der Waals surface area contributed by atoms with Gasteiger partial charge >= 0.3 is 0 Å².